The fourth-order valence-electron chi connectivity index (χ4n) is 2.11. The second-order valence-corrected chi connectivity index (χ2v) is 4.44. The topological polar surface area (TPSA) is 26.0 Å². The standard InChI is InChI=1S/C12H15N/c13-10-5-6-11(8-1-2-8)12(7-10)9-3-4-9/h5-9H,1-4,13H2. The molecule has 0 bridgehead atoms. The normalized spacial score (nSPS) is 21.8. The van der Waals surface area contributed by atoms with Gasteiger partial charge in [-0.25, -0.2) is 0 Å². The lowest BCUT2D eigenvalue weighted by molar-refractivity contribution is 1.02. The van der Waals surface area contributed by atoms with Crippen molar-refractivity contribution >= 4 is 5.69 Å². The first kappa shape index (κ1) is 7.43. The van der Waals surface area contributed by atoms with Crippen LogP contribution in [0.2, 0.25) is 0 Å². The van der Waals surface area contributed by atoms with Crippen LogP contribution in [0.5, 0.6) is 0 Å². The molecular formula is C12H15N. The molecule has 0 radical (unpaired) electrons. The molecule has 0 atom stereocenters. The third kappa shape index (κ3) is 1.32. The lowest BCUT2D eigenvalue weighted by Gasteiger charge is -2.08. The molecule has 0 spiro atoms. The van der Waals surface area contributed by atoms with Gasteiger partial charge in [0.2, 0.25) is 0 Å². The van der Waals surface area contributed by atoms with E-state index < -0.39 is 0 Å². The van der Waals surface area contributed by atoms with Crippen molar-refractivity contribution in [2.75, 3.05) is 5.73 Å². The summed E-state index contributed by atoms with van der Waals surface area (Å²) in [4.78, 5) is 0. The molecule has 1 aromatic carbocycles. The molecule has 2 aliphatic carbocycles. The average molecular weight is 173 g/mol. The summed E-state index contributed by atoms with van der Waals surface area (Å²) < 4.78 is 0. The van der Waals surface area contributed by atoms with Crippen molar-refractivity contribution in [3.8, 4) is 0 Å². The fraction of sp³-hybridized carbons (Fsp3) is 0.500. The Morgan fingerprint density at radius 1 is 0.923 bits per heavy atom. The van der Waals surface area contributed by atoms with Crippen LogP contribution in [0.1, 0.15) is 48.6 Å². The van der Waals surface area contributed by atoms with E-state index in [1.165, 1.54) is 25.7 Å². The van der Waals surface area contributed by atoms with Gasteiger partial charge in [-0.3, -0.25) is 0 Å². The Morgan fingerprint density at radius 2 is 1.54 bits per heavy atom. The summed E-state index contributed by atoms with van der Waals surface area (Å²) in [6, 6.07) is 6.51. The maximum atomic E-state index is 5.81. The van der Waals surface area contributed by atoms with Crippen molar-refractivity contribution in [1.29, 1.82) is 0 Å². The van der Waals surface area contributed by atoms with Crippen molar-refractivity contribution in [3.63, 3.8) is 0 Å². The van der Waals surface area contributed by atoms with Gasteiger partial charge in [-0.1, -0.05) is 6.07 Å². The Balaban J connectivity index is 2.04. The van der Waals surface area contributed by atoms with E-state index >= 15 is 0 Å². The molecule has 0 amide bonds. The average Bonchev–Trinajstić information content (AvgIpc) is 3.00. The first-order valence-corrected chi connectivity index (χ1v) is 5.24. The molecule has 3 rings (SSSR count). The molecule has 2 fully saturated rings. The van der Waals surface area contributed by atoms with Crippen molar-refractivity contribution in [2.45, 2.75) is 37.5 Å². The fourth-order valence-corrected chi connectivity index (χ4v) is 2.11. The molecule has 0 aliphatic heterocycles. The zero-order valence-corrected chi connectivity index (χ0v) is 7.79. The first-order chi connectivity index (χ1) is 6.34. The molecule has 13 heavy (non-hydrogen) atoms. The van der Waals surface area contributed by atoms with Gasteiger partial charge in [0.05, 0.1) is 0 Å². The predicted molar refractivity (Wildman–Crippen MR) is 54.8 cm³/mol. The minimum atomic E-state index is 0.846. The van der Waals surface area contributed by atoms with Crippen LogP contribution in [0, 0.1) is 0 Å². The van der Waals surface area contributed by atoms with E-state index in [0.717, 1.165) is 17.5 Å². The van der Waals surface area contributed by atoms with E-state index in [2.05, 4.69) is 18.2 Å². The smallest absolute Gasteiger partial charge is 0.0317 e. The summed E-state index contributed by atoms with van der Waals surface area (Å²) in [6.07, 6.45) is 5.54. The van der Waals surface area contributed by atoms with Gasteiger partial charge < -0.3 is 5.73 Å². The number of nitrogen functional groups attached to an aromatic ring is 1. The second-order valence-electron chi connectivity index (χ2n) is 4.44. The summed E-state index contributed by atoms with van der Waals surface area (Å²) in [5.41, 5.74) is 9.90. The molecule has 1 heteroatoms. The number of anilines is 1. The van der Waals surface area contributed by atoms with Crippen molar-refractivity contribution in [1.82, 2.24) is 0 Å². The van der Waals surface area contributed by atoms with E-state index in [1.54, 1.807) is 11.1 Å². The van der Waals surface area contributed by atoms with Gasteiger partial charge in [-0.05, 0) is 60.8 Å². The molecule has 1 aromatic rings. The molecule has 0 heterocycles. The Hall–Kier alpha value is -0.980. The lowest BCUT2D eigenvalue weighted by atomic mass is 9.99. The van der Waals surface area contributed by atoms with Gasteiger partial charge >= 0.3 is 0 Å². The van der Waals surface area contributed by atoms with E-state index in [-0.39, 0.29) is 0 Å². The molecule has 68 valence electrons. The highest BCUT2D eigenvalue weighted by atomic mass is 14.5. The maximum Gasteiger partial charge on any atom is 0.0317 e. The molecule has 0 aromatic heterocycles. The van der Waals surface area contributed by atoms with E-state index in [1.807, 2.05) is 0 Å². The summed E-state index contributed by atoms with van der Waals surface area (Å²) >= 11 is 0. The Kier molecular flexibility index (Phi) is 1.43. The van der Waals surface area contributed by atoms with Gasteiger partial charge in [0, 0.05) is 5.69 Å². The van der Waals surface area contributed by atoms with Crippen LogP contribution in [0.15, 0.2) is 18.2 Å². The van der Waals surface area contributed by atoms with Crippen LogP contribution in [0.25, 0.3) is 0 Å². The van der Waals surface area contributed by atoms with Crippen LogP contribution < -0.4 is 5.73 Å². The largest absolute Gasteiger partial charge is 0.399 e. The number of hydrogen-bond acceptors (Lipinski definition) is 1. The number of rotatable bonds is 2. The summed E-state index contributed by atoms with van der Waals surface area (Å²) in [5.74, 6) is 1.72. The summed E-state index contributed by atoms with van der Waals surface area (Å²) in [5, 5.41) is 0. The monoisotopic (exact) mass is 173 g/mol. The third-order valence-corrected chi connectivity index (χ3v) is 3.15. The van der Waals surface area contributed by atoms with Gasteiger partial charge in [0.15, 0.2) is 0 Å². The summed E-state index contributed by atoms with van der Waals surface area (Å²) in [6.45, 7) is 0. The van der Waals surface area contributed by atoms with E-state index in [0.29, 0.717) is 0 Å². The van der Waals surface area contributed by atoms with Crippen molar-refractivity contribution in [2.24, 2.45) is 0 Å². The number of benzene rings is 1. The van der Waals surface area contributed by atoms with Gasteiger partial charge in [0.25, 0.3) is 0 Å². The quantitative estimate of drug-likeness (QED) is 0.683. The second kappa shape index (κ2) is 2.50. The van der Waals surface area contributed by atoms with Crippen LogP contribution in [-0.2, 0) is 0 Å². The maximum absolute atomic E-state index is 5.81. The first-order valence-electron chi connectivity index (χ1n) is 5.24. The van der Waals surface area contributed by atoms with Crippen molar-refractivity contribution < 1.29 is 0 Å². The molecule has 2 aliphatic rings. The van der Waals surface area contributed by atoms with Gasteiger partial charge in [-0.2, -0.15) is 0 Å². The predicted octanol–water partition coefficient (Wildman–Crippen LogP) is 3.02. The molecule has 2 N–H and O–H groups in total. The van der Waals surface area contributed by atoms with E-state index in [9.17, 15) is 0 Å². The highest BCUT2D eigenvalue weighted by molar-refractivity contribution is 5.49. The highest BCUT2D eigenvalue weighted by Crippen LogP contribution is 2.49. The SMILES string of the molecule is Nc1ccc(C2CC2)c(C2CC2)c1. The molecule has 0 saturated heterocycles. The Labute approximate surface area is 78.9 Å². The highest BCUT2D eigenvalue weighted by Gasteiger charge is 2.32. The summed E-state index contributed by atoms with van der Waals surface area (Å²) in [7, 11) is 0. The van der Waals surface area contributed by atoms with E-state index in [4.69, 9.17) is 5.73 Å². The zero-order chi connectivity index (χ0) is 8.84. The lowest BCUT2D eigenvalue weighted by Crippen LogP contribution is -1.93. The Morgan fingerprint density at radius 3 is 2.15 bits per heavy atom. The number of nitrogens with two attached hydrogens (primary N) is 1. The Bertz CT molecular complexity index is 335. The molecule has 2 saturated carbocycles. The van der Waals surface area contributed by atoms with Gasteiger partial charge in [-0.15, -0.1) is 0 Å². The molecular weight excluding hydrogens is 158 g/mol. The van der Waals surface area contributed by atoms with Gasteiger partial charge in [0.1, 0.15) is 0 Å². The van der Waals surface area contributed by atoms with Crippen LogP contribution in [0.3, 0.4) is 0 Å². The zero-order valence-electron chi connectivity index (χ0n) is 7.79. The van der Waals surface area contributed by atoms with Crippen LogP contribution in [-0.4, -0.2) is 0 Å². The van der Waals surface area contributed by atoms with Crippen LogP contribution in [0.4, 0.5) is 5.69 Å². The number of hydrogen-bond donors (Lipinski definition) is 1. The minimum Gasteiger partial charge on any atom is -0.399 e. The molecule has 0 unspecified atom stereocenters. The minimum absolute atomic E-state index is 0.846. The molecule has 1 nitrogen and oxygen atoms in total. The van der Waals surface area contributed by atoms with Crippen LogP contribution >= 0.6 is 0 Å². The van der Waals surface area contributed by atoms with Crippen molar-refractivity contribution in [3.05, 3.63) is 29.3 Å². The third-order valence-electron chi connectivity index (χ3n) is 3.15.